The van der Waals surface area contributed by atoms with Crippen LogP contribution in [0.3, 0.4) is 0 Å². The van der Waals surface area contributed by atoms with Crippen LogP contribution >= 0.6 is 0 Å². The van der Waals surface area contributed by atoms with Crippen molar-refractivity contribution < 1.29 is 19.2 Å². The van der Waals surface area contributed by atoms with Crippen molar-refractivity contribution >= 4 is 17.5 Å². The van der Waals surface area contributed by atoms with E-state index in [0.29, 0.717) is 17.1 Å². The molecule has 0 saturated heterocycles. The molecule has 1 heterocycles. The Hall–Kier alpha value is -3.93. The largest absolute Gasteiger partial charge is 0.454 e. The lowest BCUT2D eigenvalue weighted by Gasteiger charge is -2.03. The average molecular weight is 373 g/mol. The molecule has 0 saturated carbocycles. The Bertz CT molecular complexity index is 1070. The van der Waals surface area contributed by atoms with Crippen LogP contribution in [0.4, 0.5) is 5.69 Å². The predicted octanol–water partition coefficient (Wildman–Crippen LogP) is 4.89. The van der Waals surface area contributed by atoms with Crippen molar-refractivity contribution in [3.8, 4) is 22.6 Å². The fourth-order valence-corrected chi connectivity index (χ4v) is 2.89. The van der Waals surface area contributed by atoms with E-state index in [1.807, 2.05) is 30.3 Å². The van der Waals surface area contributed by atoms with Crippen LogP contribution in [-0.2, 0) is 0 Å². The summed E-state index contributed by atoms with van der Waals surface area (Å²) in [6, 6.07) is 18.9. The van der Waals surface area contributed by atoms with Crippen molar-refractivity contribution in [3.63, 3.8) is 0 Å². The van der Waals surface area contributed by atoms with Crippen LogP contribution in [0.5, 0.6) is 11.5 Å². The van der Waals surface area contributed by atoms with Gasteiger partial charge in [0.25, 0.3) is 5.69 Å². The standard InChI is InChI=1S/C22H15NO5/c24-20(11-1-15-2-12-21-22(13-15)28-14-27-21)18-5-3-16(4-6-18)17-7-9-19(10-8-17)23(25)26/h1-13H,14H2/b11-1+. The number of rotatable bonds is 5. The molecule has 0 aliphatic carbocycles. The molecule has 0 spiro atoms. The number of ether oxygens (including phenoxy) is 2. The lowest BCUT2D eigenvalue weighted by atomic mass is 10.0. The van der Waals surface area contributed by atoms with Gasteiger partial charge in [0.2, 0.25) is 6.79 Å². The molecule has 0 N–H and O–H groups in total. The lowest BCUT2D eigenvalue weighted by Crippen LogP contribution is -1.94. The number of hydrogen-bond acceptors (Lipinski definition) is 5. The molecule has 1 aliphatic rings. The summed E-state index contributed by atoms with van der Waals surface area (Å²) in [6.07, 6.45) is 3.24. The van der Waals surface area contributed by atoms with E-state index >= 15 is 0 Å². The van der Waals surface area contributed by atoms with Gasteiger partial charge in [0.1, 0.15) is 0 Å². The summed E-state index contributed by atoms with van der Waals surface area (Å²) in [5.41, 5.74) is 3.18. The number of carbonyl (C=O) groups excluding carboxylic acids is 1. The Morgan fingerprint density at radius 2 is 1.54 bits per heavy atom. The molecule has 1 aliphatic heterocycles. The van der Waals surface area contributed by atoms with Gasteiger partial charge in [-0.25, -0.2) is 0 Å². The van der Waals surface area contributed by atoms with E-state index in [-0.39, 0.29) is 18.3 Å². The molecule has 3 aromatic rings. The van der Waals surface area contributed by atoms with Crippen LogP contribution < -0.4 is 9.47 Å². The van der Waals surface area contributed by atoms with Gasteiger partial charge in [0.15, 0.2) is 17.3 Å². The number of hydrogen-bond donors (Lipinski definition) is 0. The van der Waals surface area contributed by atoms with Crippen molar-refractivity contribution in [1.82, 2.24) is 0 Å². The third-order valence-corrected chi connectivity index (χ3v) is 4.40. The Labute approximate surface area is 160 Å². The van der Waals surface area contributed by atoms with Crippen molar-refractivity contribution in [2.75, 3.05) is 6.79 Å². The summed E-state index contributed by atoms with van der Waals surface area (Å²) in [6.45, 7) is 0.211. The Morgan fingerprint density at radius 3 is 2.21 bits per heavy atom. The van der Waals surface area contributed by atoms with Crippen LogP contribution in [0.15, 0.2) is 72.8 Å². The highest BCUT2D eigenvalue weighted by molar-refractivity contribution is 6.07. The second-order valence-electron chi connectivity index (χ2n) is 6.19. The first kappa shape index (κ1) is 17.5. The monoisotopic (exact) mass is 373 g/mol. The molecule has 0 fully saturated rings. The molecule has 0 aromatic heterocycles. The average Bonchev–Trinajstić information content (AvgIpc) is 3.20. The number of carbonyl (C=O) groups is 1. The normalized spacial score (nSPS) is 12.3. The molecule has 4 rings (SSSR count). The van der Waals surface area contributed by atoms with Crippen molar-refractivity contribution in [3.05, 3.63) is 94.0 Å². The number of nitro benzene ring substituents is 1. The highest BCUT2D eigenvalue weighted by Gasteiger charge is 2.12. The van der Waals surface area contributed by atoms with Gasteiger partial charge in [-0.3, -0.25) is 14.9 Å². The van der Waals surface area contributed by atoms with Crippen LogP contribution in [0.2, 0.25) is 0 Å². The maximum Gasteiger partial charge on any atom is 0.269 e. The molecular weight excluding hydrogens is 358 g/mol. The molecule has 138 valence electrons. The first-order valence-electron chi connectivity index (χ1n) is 8.57. The highest BCUT2D eigenvalue weighted by Crippen LogP contribution is 2.32. The van der Waals surface area contributed by atoms with Gasteiger partial charge in [-0.15, -0.1) is 0 Å². The Morgan fingerprint density at radius 1 is 0.893 bits per heavy atom. The van der Waals surface area contributed by atoms with Gasteiger partial charge < -0.3 is 9.47 Å². The quantitative estimate of drug-likeness (QED) is 0.275. The minimum absolute atomic E-state index is 0.0456. The summed E-state index contributed by atoms with van der Waals surface area (Å²) in [7, 11) is 0. The summed E-state index contributed by atoms with van der Waals surface area (Å²) < 4.78 is 10.6. The number of ketones is 1. The third kappa shape index (κ3) is 3.61. The van der Waals surface area contributed by atoms with Crippen LogP contribution in [0.1, 0.15) is 15.9 Å². The first-order chi connectivity index (χ1) is 13.6. The molecule has 6 heteroatoms. The molecule has 0 atom stereocenters. The second-order valence-corrected chi connectivity index (χ2v) is 6.19. The molecule has 0 bridgehead atoms. The second kappa shape index (κ2) is 7.36. The number of nitrogens with zero attached hydrogens (tertiary/aromatic N) is 1. The highest BCUT2D eigenvalue weighted by atomic mass is 16.7. The van der Waals surface area contributed by atoms with Gasteiger partial charge >= 0.3 is 0 Å². The lowest BCUT2D eigenvalue weighted by molar-refractivity contribution is -0.384. The first-order valence-corrected chi connectivity index (χ1v) is 8.57. The molecule has 6 nitrogen and oxygen atoms in total. The molecule has 0 unspecified atom stereocenters. The predicted molar refractivity (Wildman–Crippen MR) is 104 cm³/mol. The zero-order chi connectivity index (χ0) is 19.5. The Kier molecular flexibility index (Phi) is 4.60. The molecule has 28 heavy (non-hydrogen) atoms. The summed E-state index contributed by atoms with van der Waals surface area (Å²) in [5.74, 6) is 1.25. The zero-order valence-corrected chi connectivity index (χ0v) is 14.7. The van der Waals surface area contributed by atoms with E-state index in [0.717, 1.165) is 16.7 Å². The number of allylic oxidation sites excluding steroid dienone is 1. The SMILES string of the molecule is O=C(/C=C/c1ccc2c(c1)OCO2)c1ccc(-c2ccc([N+](=O)[O-])cc2)cc1. The van der Waals surface area contributed by atoms with Gasteiger partial charge in [-0.1, -0.05) is 36.4 Å². The number of nitro groups is 1. The minimum atomic E-state index is -0.433. The molecule has 3 aromatic carbocycles. The summed E-state index contributed by atoms with van der Waals surface area (Å²) >= 11 is 0. The van der Waals surface area contributed by atoms with E-state index in [2.05, 4.69) is 0 Å². The van der Waals surface area contributed by atoms with E-state index in [1.165, 1.54) is 18.2 Å². The van der Waals surface area contributed by atoms with E-state index in [1.54, 1.807) is 30.3 Å². The third-order valence-electron chi connectivity index (χ3n) is 4.40. The maximum absolute atomic E-state index is 12.4. The van der Waals surface area contributed by atoms with Crippen LogP contribution in [0.25, 0.3) is 17.2 Å². The van der Waals surface area contributed by atoms with Gasteiger partial charge in [0.05, 0.1) is 4.92 Å². The van der Waals surface area contributed by atoms with Gasteiger partial charge in [-0.2, -0.15) is 0 Å². The maximum atomic E-state index is 12.4. The summed E-state index contributed by atoms with van der Waals surface area (Å²) in [5, 5.41) is 10.7. The minimum Gasteiger partial charge on any atom is -0.454 e. The Balaban J connectivity index is 1.47. The molecular formula is C22H15NO5. The van der Waals surface area contributed by atoms with E-state index in [9.17, 15) is 14.9 Å². The number of fused-ring (bicyclic) bond motifs is 1. The summed E-state index contributed by atoms with van der Waals surface area (Å²) in [4.78, 5) is 22.7. The van der Waals surface area contributed by atoms with E-state index in [4.69, 9.17) is 9.47 Å². The fraction of sp³-hybridized carbons (Fsp3) is 0.0455. The van der Waals surface area contributed by atoms with Gasteiger partial charge in [-0.05, 0) is 47.0 Å². The fourth-order valence-electron chi connectivity index (χ4n) is 2.89. The molecule has 0 amide bonds. The zero-order valence-electron chi connectivity index (χ0n) is 14.7. The van der Waals surface area contributed by atoms with Crippen molar-refractivity contribution in [1.29, 1.82) is 0 Å². The van der Waals surface area contributed by atoms with Crippen LogP contribution in [0, 0.1) is 10.1 Å². The van der Waals surface area contributed by atoms with Crippen molar-refractivity contribution in [2.24, 2.45) is 0 Å². The van der Waals surface area contributed by atoms with Crippen molar-refractivity contribution in [2.45, 2.75) is 0 Å². The topological polar surface area (TPSA) is 78.7 Å². The van der Waals surface area contributed by atoms with Crippen LogP contribution in [-0.4, -0.2) is 17.5 Å². The number of benzene rings is 3. The molecule has 0 radical (unpaired) electrons. The number of non-ortho nitro benzene ring substituents is 1. The smallest absolute Gasteiger partial charge is 0.269 e. The van der Waals surface area contributed by atoms with Gasteiger partial charge in [0, 0.05) is 17.7 Å². The van der Waals surface area contributed by atoms with E-state index < -0.39 is 4.92 Å².